The van der Waals surface area contributed by atoms with Crippen molar-refractivity contribution in [3.63, 3.8) is 0 Å². The highest BCUT2D eigenvalue weighted by atomic mass is 16.5. The summed E-state index contributed by atoms with van der Waals surface area (Å²) in [6.07, 6.45) is 1.04. The van der Waals surface area contributed by atoms with E-state index in [1.54, 1.807) is 12.0 Å². The van der Waals surface area contributed by atoms with Gasteiger partial charge in [0.15, 0.2) is 0 Å². The maximum absolute atomic E-state index is 12.4. The number of anilines is 1. The van der Waals surface area contributed by atoms with Crippen LogP contribution in [0.2, 0.25) is 0 Å². The SMILES string of the molecule is COCCCNC(=O)C1CC(=O)N(c2cccc3ccccc23)C1. The number of ether oxygens (including phenoxy) is 1. The summed E-state index contributed by atoms with van der Waals surface area (Å²) < 4.78 is 4.97. The largest absolute Gasteiger partial charge is 0.385 e. The molecule has 3 rings (SSSR count). The number of benzene rings is 2. The van der Waals surface area contributed by atoms with Gasteiger partial charge in [0, 0.05) is 38.6 Å². The Balaban J connectivity index is 1.71. The van der Waals surface area contributed by atoms with E-state index in [-0.39, 0.29) is 24.2 Å². The lowest BCUT2D eigenvalue weighted by atomic mass is 10.1. The van der Waals surface area contributed by atoms with Gasteiger partial charge < -0.3 is 15.0 Å². The molecule has 1 heterocycles. The molecule has 0 saturated carbocycles. The molecule has 0 aromatic heterocycles. The maximum Gasteiger partial charge on any atom is 0.227 e. The molecule has 1 fully saturated rings. The van der Waals surface area contributed by atoms with Crippen LogP contribution in [0.1, 0.15) is 12.8 Å². The molecule has 0 radical (unpaired) electrons. The minimum absolute atomic E-state index is 0.00314. The van der Waals surface area contributed by atoms with Gasteiger partial charge in [-0.25, -0.2) is 0 Å². The number of carbonyl (C=O) groups excluding carboxylic acids is 2. The Morgan fingerprint density at radius 3 is 2.88 bits per heavy atom. The van der Waals surface area contributed by atoms with Crippen molar-refractivity contribution in [2.24, 2.45) is 5.92 Å². The molecule has 126 valence electrons. The van der Waals surface area contributed by atoms with Crippen molar-refractivity contribution in [3.8, 4) is 0 Å². The standard InChI is InChI=1S/C19H22N2O3/c1-24-11-5-10-20-19(23)15-12-18(22)21(13-15)17-9-4-7-14-6-2-3-8-16(14)17/h2-4,6-9,15H,5,10-13H2,1H3,(H,20,23). The number of rotatable bonds is 6. The van der Waals surface area contributed by atoms with Gasteiger partial charge in [-0.15, -0.1) is 0 Å². The molecule has 2 aromatic rings. The van der Waals surface area contributed by atoms with Crippen LogP contribution in [0.15, 0.2) is 42.5 Å². The summed E-state index contributed by atoms with van der Waals surface area (Å²) in [5.74, 6) is -0.343. The molecule has 2 amide bonds. The zero-order valence-corrected chi connectivity index (χ0v) is 13.8. The fourth-order valence-electron chi connectivity index (χ4n) is 3.13. The Morgan fingerprint density at radius 2 is 2.04 bits per heavy atom. The third kappa shape index (κ3) is 3.41. The number of nitrogens with zero attached hydrogens (tertiary/aromatic N) is 1. The van der Waals surface area contributed by atoms with Crippen molar-refractivity contribution >= 4 is 28.3 Å². The maximum atomic E-state index is 12.4. The molecule has 0 aliphatic carbocycles. The van der Waals surface area contributed by atoms with Gasteiger partial charge >= 0.3 is 0 Å². The fourth-order valence-corrected chi connectivity index (χ4v) is 3.13. The van der Waals surface area contributed by atoms with Gasteiger partial charge in [0.1, 0.15) is 0 Å². The van der Waals surface area contributed by atoms with Crippen LogP contribution in [-0.4, -0.2) is 38.6 Å². The van der Waals surface area contributed by atoms with E-state index in [9.17, 15) is 9.59 Å². The Kier molecular flexibility index (Phi) is 5.11. The summed E-state index contributed by atoms with van der Waals surface area (Å²) in [6.45, 7) is 1.63. The molecular formula is C19H22N2O3. The summed E-state index contributed by atoms with van der Waals surface area (Å²) >= 11 is 0. The summed E-state index contributed by atoms with van der Waals surface area (Å²) in [5, 5.41) is 5.02. The predicted molar refractivity (Wildman–Crippen MR) is 93.9 cm³/mol. The van der Waals surface area contributed by atoms with Crippen LogP contribution in [0.25, 0.3) is 10.8 Å². The highest BCUT2D eigenvalue weighted by Crippen LogP contribution is 2.31. The van der Waals surface area contributed by atoms with Gasteiger partial charge in [-0.05, 0) is 17.9 Å². The highest BCUT2D eigenvalue weighted by molar-refractivity contribution is 6.06. The van der Waals surface area contributed by atoms with Crippen molar-refractivity contribution in [3.05, 3.63) is 42.5 Å². The van der Waals surface area contributed by atoms with Crippen LogP contribution in [0.5, 0.6) is 0 Å². The molecule has 1 N–H and O–H groups in total. The van der Waals surface area contributed by atoms with Crippen molar-refractivity contribution < 1.29 is 14.3 Å². The van der Waals surface area contributed by atoms with E-state index in [0.29, 0.717) is 19.7 Å². The second-order valence-corrected chi connectivity index (χ2v) is 6.04. The minimum atomic E-state index is -0.293. The molecule has 2 aromatic carbocycles. The van der Waals surface area contributed by atoms with Crippen molar-refractivity contribution in [1.82, 2.24) is 5.32 Å². The number of carbonyl (C=O) groups is 2. The van der Waals surface area contributed by atoms with Gasteiger partial charge in [0.05, 0.1) is 11.6 Å². The smallest absolute Gasteiger partial charge is 0.227 e. The minimum Gasteiger partial charge on any atom is -0.385 e. The van der Waals surface area contributed by atoms with Gasteiger partial charge in [-0.3, -0.25) is 9.59 Å². The summed E-state index contributed by atoms with van der Waals surface area (Å²) in [5.41, 5.74) is 0.882. The molecule has 1 aliphatic rings. The lowest BCUT2D eigenvalue weighted by molar-refractivity contribution is -0.126. The summed E-state index contributed by atoms with van der Waals surface area (Å²) in [6, 6.07) is 13.9. The van der Waals surface area contributed by atoms with E-state index < -0.39 is 0 Å². The molecule has 1 aliphatic heterocycles. The van der Waals surface area contributed by atoms with Crippen molar-refractivity contribution in [2.45, 2.75) is 12.8 Å². The fraction of sp³-hybridized carbons (Fsp3) is 0.368. The lowest BCUT2D eigenvalue weighted by Crippen LogP contribution is -2.33. The van der Waals surface area contributed by atoms with E-state index in [2.05, 4.69) is 5.32 Å². The number of methoxy groups -OCH3 is 1. The van der Waals surface area contributed by atoms with E-state index in [1.807, 2.05) is 42.5 Å². The number of fused-ring (bicyclic) bond motifs is 1. The molecule has 5 nitrogen and oxygen atoms in total. The summed E-state index contributed by atoms with van der Waals surface area (Å²) in [4.78, 5) is 26.4. The van der Waals surface area contributed by atoms with E-state index in [0.717, 1.165) is 22.9 Å². The Labute approximate surface area is 141 Å². The molecule has 1 unspecified atom stereocenters. The Hall–Kier alpha value is -2.40. The first-order valence-corrected chi connectivity index (χ1v) is 8.25. The predicted octanol–water partition coefficient (Wildman–Crippen LogP) is 2.35. The normalized spacial score (nSPS) is 17.5. The van der Waals surface area contributed by atoms with Crippen LogP contribution < -0.4 is 10.2 Å². The first-order chi connectivity index (χ1) is 11.7. The van der Waals surface area contributed by atoms with Crippen LogP contribution in [-0.2, 0) is 14.3 Å². The van der Waals surface area contributed by atoms with Crippen LogP contribution in [0, 0.1) is 5.92 Å². The van der Waals surface area contributed by atoms with Gasteiger partial charge in [0.2, 0.25) is 11.8 Å². The van der Waals surface area contributed by atoms with E-state index in [1.165, 1.54) is 0 Å². The monoisotopic (exact) mass is 326 g/mol. The first kappa shape index (κ1) is 16.5. The van der Waals surface area contributed by atoms with Crippen molar-refractivity contribution in [2.75, 3.05) is 31.7 Å². The molecule has 24 heavy (non-hydrogen) atoms. The Bertz CT molecular complexity index is 739. The number of nitrogens with one attached hydrogen (secondary N) is 1. The second-order valence-electron chi connectivity index (χ2n) is 6.04. The van der Waals surface area contributed by atoms with E-state index >= 15 is 0 Å². The van der Waals surface area contributed by atoms with Crippen LogP contribution in [0.3, 0.4) is 0 Å². The lowest BCUT2D eigenvalue weighted by Gasteiger charge is -2.19. The third-order valence-electron chi connectivity index (χ3n) is 4.38. The zero-order valence-electron chi connectivity index (χ0n) is 13.8. The Morgan fingerprint density at radius 1 is 1.25 bits per heavy atom. The third-order valence-corrected chi connectivity index (χ3v) is 4.38. The quantitative estimate of drug-likeness (QED) is 0.829. The molecule has 5 heteroatoms. The molecular weight excluding hydrogens is 304 g/mol. The van der Waals surface area contributed by atoms with Gasteiger partial charge in [-0.1, -0.05) is 36.4 Å². The molecule has 0 spiro atoms. The molecule has 1 atom stereocenters. The van der Waals surface area contributed by atoms with Gasteiger partial charge in [0.25, 0.3) is 0 Å². The summed E-state index contributed by atoms with van der Waals surface area (Å²) in [7, 11) is 1.64. The van der Waals surface area contributed by atoms with Gasteiger partial charge in [-0.2, -0.15) is 0 Å². The molecule has 1 saturated heterocycles. The highest BCUT2D eigenvalue weighted by Gasteiger charge is 2.35. The average molecular weight is 326 g/mol. The second kappa shape index (κ2) is 7.45. The number of hydrogen-bond acceptors (Lipinski definition) is 3. The average Bonchev–Trinajstić information content (AvgIpc) is 3.00. The number of amides is 2. The molecule has 0 bridgehead atoms. The van der Waals surface area contributed by atoms with Crippen LogP contribution in [0.4, 0.5) is 5.69 Å². The topological polar surface area (TPSA) is 58.6 Å². The number of hydrogen-bond donors (Lipinski definition) is 1. The first-order valence-electron chi connectivity index (χ1n) is 8.25. The van der Waals surface area contributed by atoms with E-state index in [4.69, 9.17) is 4.74 Å². The zero-order chi connectivity index (χ0) is 16.9. The van der Waals surface area contributed by atoms with Crippen molar-refractivity contribution in [1.29, 1.82) is 0 Å². The van der Waals surface area contributed by atoms with Crippen LogP contribution >= 0.6 is 0 Å².